The molecule has 1 aromatic carbocycles. The van der Waals surface area contributed by atoms with Crippen LogP contribution in [0.4, 0.5) is 5.69 Å². The van der Waals surface area contributed by atoms with Crippen molar-refractivity contribution in [3.05, 3.63) is 60.2 Å². The molecule has 2 heterocycles. The molecular formula is C17H17ClN2O. The van der Waals surface area contributed by atoms with Gasteiger partial charge in [0.2, 0.25) is 0 Å². The number of para-hydroxylation sites is 1. The molecule has 108 valence electrons. The zero-order chi connectivity index (χ0) is 14.7. The van der Waals surface area contributed by atoms with Crippen LogP contribution in [0.2, 0.25) is 0 Å². The van der Waals surface area contributed by atoms with E-state index in [0.717, 1.165) is 41.1 Å². The van der Waals surface area contributed by atoms with Crippen molar-refractivity contribution >= 4 is 28.2 Å². The first-order valence-electron chi connectivity index (χ1n) is 7.03. The molecule has 0 unspecified atom stereocenters. The Morgan fingerprint density at radius 2 is 2.05 bits per heavy atom. The van der Waals surface area contributed by atoms with Crippen molar-refractivity contribution in [3.8, 4) is 0 Å². The number of benzene rings is 1. The molecular weight excluding hydrogens is 284 g/mol. The molecule has 0 saturated carbocycles. The highest BCUT2D eigenvalue weighted by Gasteiger charge is 2.12. The molecule has 0 spiro atoms. The number of aromatic nitrogens is 1. The van der Waals surface area contributed by atoms with E-state index in [-0.39, 0.29) is 0 Å². The molecule has 0 fully saturated rings. The summed E-state index contributed by atoms with van der Waals surface area (Å²) in [6, 6.07) is 14.1. The number of alkyl halides is 1. The normalized spacial score (nSPS) is 11.0. The van der Waals surface area contributed by atoms with Gasteiger partial charge in [-0.3, -0.25) is 4.98 Å². The highest BCUT2D eigenvalue weighted by atomic mass is 35.5. The number of rotatable bonds is 5. The highest BCUT2D eigenvalue weighted by molar-refractivity contribution is 6.17. The number of hydrogen-bond acceptors (Lipinski definition) is 3. The molecule has 0 aliphatic heterocycles. The van der Waals surface area contributed by atoms with Gasteiger partial charge in [-0.25, -0.2) is 0 Å². The van der Waals surface area contributed by atoms with Crippen LogP contribution in [0.25, 0.3) is 10.9 Å². The van der Waals surface area contributed by atoms with Gasteiger partial charge in [-0.15, -0.1) is 11.6 Å². The summed E-state index contributed by atoms with van der Waals surface area (Å²) in [7, 11) is 0. The van der Waals surface area contributed by atoms with Crippen molar-refractivity contribution in [2.45, 2.75) is 19.3 Å². The van der Waals surface area contributed by atoms with Gasteiger partial charge in [0.1, 0.15) is 5.76 Å². The van der Waals surface area contributed by atoms with E-state index in [1.54, 1.807) is 6.26 Å². The van der Waals surface area contributed by atoms with Crippen LogP contribution < -0.4 is 4.90 Å². The maximum absolute atomic E-state index is 5.99. The van der Waals surface area contributed by atoms with Crippen LogP contribution in [0.3, 0.4) is 0 Å². The van der Waals surface area contributed by atoms with Crippen LogP contribution in [0, 0.1) is 0 Å². The fourth-order valence-electron chi connectivity index (χ4n) is 2.50. The van der Waals surface area contributed by atoms with E-state index in [1.165, 1.54) is 0 Å². The number of fused-ring (bicyclic) bond motifs is 1. The molecule has 0 amide bonds. The number of anilines is 1. The third kappa shape index (κ3) is 2.88. The summed E-state index contributed by atoms with van der Waals surface area (Å²) in [5.41, 5.74) is 3.02. The summed E-state index contributed by atoms with van der Waals surface area (Å²) in [6.07, 6.45) is 1.71. The predicted octanol–water partition coefficient (Wildman–Crippen LogP) is 4.59. The average Bonchev–Trinajstić information content (AvgIpc) is 3.04. The molecule has 0 bridgehead atoms. The Labute approximate surface area is 129 Å². The monoisotopic (exact) mass is 300 g/mol. The SMILES string of the molecule is CCN(Cc1ccco1)c1cc(CCl)nc2ccccc12. The summed E-state index contributed by atoms with van der Waals surface area (Å²) in [5, 5.41) is 1.14. The first-order valence-corrected chi connectivity index (χ1v) is 7.57. The molecule has 0 N–H and O–H groups in total. The van der Waals surface area contributed by atoms with E-state index in [9.17, 15) is 0 Å². The maximum Gasteiger partial charge on any atom is 0.123 e. The van der Waals surface area contributed by atoms with Gasteiger partial charge in [0.05, 0.1) is 29.9 Å². The number of halogens is 1. The third-order valence-corrected chi connectivity index (χ3v) is 3.81. The lowest BCUT2D eigenvalue weighted by Crippen LogP contribution is -2.22. The Bertz CT molecular complexity index is 725. The van der Waals surface area contributed by atoms with Gasteiger partial charge in [0, 0.05) is 17.6 Å². The standard InChI is InChI=1S/C17H17ClN2O/c1-2-20(12-14-6-5-9-21-14)17-10-13(11-18)19-16-8-4-3-7-15(16)17/h3-10H,2,11-12H2,1H3. The summed E-state index contributed by atoms with van der Waals surface area (Å²) < 4.78 is 5.47. The van der Waals surface area contributed by atoms with E-state index in [1.807, 2.05) is 30.3 Å². The molecule has 0 atom stereocenters. The van der Waals surface area contributed by atoms with Gasteiger partial charge < -0.3 is 9.32 Å². The number of hydrogen-bond donors (Lipinski definition) is 0. The molecule has 3 nitrogen and oxygen atoms in total. The fourth-order valence-corrected chi connectivity index (χ4v) is 2.64. The van der Waals surface area contributed by atoms with E-state index in [4.69, 9.17) is 16.0 Å². The largest absolute Gasteiger partial charge is 0.467 e. The summed E-state index contributed by atoms with van der Waals surface area (Å²) in [5.74, 6) is 1.36. The zero-order valence-corrected chi connectivity index (χ0v) is 12.7. The van der Waals surface area contributed by atoms with Crippen LogP contribution in [-0.2, 0) is 12.4 Å². The molecule has 0 aliphatic carbocycles. The molecule has 0 saturated heterocycles. The van der Waals surface area contributed by atoms with Gasteiger partial charge in [-0.2, -0.15) is 0 Å². The molecule has 3 aromatic rings. The van der Waals surface area contributed by atoms with Crippen LogP contribution >= 0.6 is 11.6 Å². The van der Waals surface area contributed by atoms with Gasteiger partial charge in [0.25, 0.3) is 0 Å². The Kier molecular flexibility index (Phi) is 4.11. The summed E-state index contributed by atoms with van der Waals surface area (Å²) >= 11 is 5.99. The lowest BCUT2D eigenvalue weighted by molar-refractivity contribution is 0.504. The Morgan fingerprint density at radius 1 is 1.19 bits per heavy atom. The van der Waals surface area contributed by atoms with Gasteiger partial charge >= 0.3 is 0 Å². The summed E-state index contributed by atoms with van der Waals surface area (Å²) in [6.45, 7) is 3.76. The minimum Gasteiger partial charge on any atom is -0.467 e. The Morgan fingerprint density at radius 3 is 2.76 bits per heavy atom. The van der Waals surface area contributed by atoms with Gasteiger partial charge in [-0.05, 0) is 31.2 Å². The molecule has 0 aliphatic rings. The topological polar surface area (TPSA) is 29.3 Å². The average molecular weight is 301 g/mol. The lowest BCUT2D eigenvalue weighted by atomic mass is 10.1. The predicted molar refractivity (Wildman–Crippen MR) is 86.7 cm³/mol. The third-order valence-electron chi connectivity index (χ3n) is 3.53. The van der Waals surface area contributed by atoms with Gasteiger partial charge in [-0.1, -0.05) is 18.2 Å². The van der Waals surface area contributed by atoms with Crippen molar-refractivity contribution in [1.29, 1.82) is 0 Å². The summed E-state index contributed by atoms with van der Waals surface area (Å²) in [4.78, 5) is 6.86. The van der Waals surface area contributed by atoms with E-state index in [0.29, 0.717) is 5.88 Å². The van der Waals surface area contributed by atoms with Crippen LogP contribution in [0.15, 0.2) is 53.1 Å². The number of pyridine rings is 1. The second kappa shape index (κ2) is 6.19. The highest BCUT2D eigenvalue weighted by Crippen LogP contribution is 2.28. The number of nitrogens with zero attached hydrogens (tertiary/aromatic N) is 2. The Balaban J connectivity index is 2.07. The van der Waals surface area contributed by atoms with Crippen molar-refractivity contribution < 1.29 is 4.42 Å². The maximum atomic E-state index is 5.99. The molecule has 4 heteroatoms. The minimum atomic E-state index is 0.413. The van der Waals surface area contributed by atoms with Crippen LogP contribution in [0.1, 0.15) is 18.4 Å². The van der Waals surface area contributed by atoms with E-state index >= 15 is 0 Å². The van der Waals surface area contributed by atoms with Crippen molar-refractivity contribution in [2.75, 3.05) is 11.4 Å². The first kappa shape index (κ1) is 14.0. The lowest BCUT2D eigenvalue weighted by Gasteiger charge is -2.24. The van der Waals surface area contributed by atoms with Crippen molar-refractivity contribution in [2.24, 2.45) is 0 Å². The van der Waals surface area contributed by atoms with Crippen molar-refractivity contribution in [3.63, 3.8) is 0 Å². The molecule has 2 aromatic heterocycles. The quantitative estimate of drug-likeness (QED) is 0.645. The second-order valence-electron chi connectivity index (χ2n) is 4.88. The fraction of sp³-hybridized carbons (Fsp3) is 0.235. The minimum absolute atomic E-state index is 0.413. The second-order valence-corrected chi connectivity index (χ2v) is 5.14. The molecule has 0 radical (unpaired) electrons. The van der Waals surface area contributed by atoms with Crippen molar-refractivity contribution in [1.82, 2.24) is 4.98 Å². The van der Waals surface area contributed by atoms with Gasteiger partial charge in [0.15, 0.2) is 0 Å². The van der Waals surface area contributed by atoms with E-state index < -0.39 is 0 Å². The first-order chi connectivity index (χ1) is 10.3. The molecule has 21 heavy (non-hydrogen) atoms. The van der Waals surface area contributed by atoms with Crippen LogP contribution in [-0.4, -0.2) is 11.5 Å². The van der Waals surface area contributed by atoms with Crippen LogP contribution in [0.5, 0.6) is 0 Å². The number of furan rings is 1. The Hall–Kier alpha value is -2.00. The molecule has 3 rings (SSSR count). The smallest absolute Gasteiger partial charge is 0.123 e. The zero-order valence-electron chi connectivity index (χ0n) is 11.9. The van der Waals surface area contributed by atoms with E-state index in [2.05, 4.69) is 28.9 Å².